The van der Waals surface area contributed by atoms with E-state index in [4.69, 9.17) is 10.1 Å². The van der Waals surface area contributed by atoms with Crippen LogP contribution in [0, 0.1) is 5.41 Å². The SMILES string of the molecule is COc1ccc(/C=C/C(=N)/C=C2/C(=O)Nc3cc(Br)ccc32)cc1. The van der Waals surface area contributed by atoms with Gasteiger partial charge in [0, 0.05) is 10.0 Å². The zero-order chi connectivity index (χ0) is 17.1. The van der Waals surface area contributed by atoms with Crippen molar-refractivity contribution in [1.82, 2.24) is 0 Å². The summed E-state index contributed by atoms with van der Waals surface area (Å²) in [5, 5.41) is 10.9. The van der Waals surface area contributed by atoms with Crippen LogP contribution in [0.5, 0.6) is 5.75 Å². The Morgan fingerprint density at radius 3 is 2.67 bits per heavy atom. The molecule has 24 heavy (non-hydrogen) atoms. The number of allylic oxidation sites excluding steroid dienone is 2. The predicted molar refractivity (Wildman–Crippen MR) is 101 cm³/mol. The molecular weight excluding hydrogens is 368 g/mol. The maximum absolute atomic E-state index is 12.1. The van der Waals surface area contributed by atoms with Crippen LogP contribution in [0.15, 0.2) is 59.1 Å². The molecule has 1 heterocycles. The third kappa shape index (κ3) is 3.46. The van der Waals surface area contributed by atoms with Gasteiger partial charge >= 0.3 is 0 Å². The molecule has 3 rings (SSSR count). The van der Waals surface area contributed by atoms with E-state index in [2.05, 4.69) is 21.2 Å². The number of ether oxygens (including phenoxy) is 1. The summed E-state index contributed by atoms with van der Waals surface area (Å²) in [6.07, 6.45) is 5.07. The first-order valence-corrected chi connectivity index (χ1v) is 8.10. The molecule has 0 saturated heterocycles. The molecule has 0 bridgehead atoms. The summed E-state index contributed by atoms with van der Waals surface area (Å²) in [5.74, 6) is 0.598. The van der Waals surface area contributed by atoms with E-state index in [0.29, 0.717) is 5.57 Å². The second kappa shape index (κ2) is 6.84. The first-order valence-electron chi connectivity index (χ1n) is 7.30. The molecule has 0 spiro atoms. The summed E-state index contributed by atoms with van der Waals surface area (Å²) in [4.78, 5) is 12.1. The Labute approximate surface area is 148 Å². The van der Waals surface area contributed by atoms with Crippen LogP contribution in [0.4, 0.5) is 5.69 Å². The highest BCUT2D eigenvalue weighted by Crippen LogP contribution is 2.33. The number of hydrogen-bond acceptors (Lipinski definition) is 3. The molecule has 2 aromatic carbocycles. The first-order chi connectivity index (χ1) is 11.6. The Kier molecular flexibility index (Phi) is 4.62. The highest BCUT2D eigenvalue weighted by atomic mass is 79.9. The van der Waals surface area contributed by atoms with E-state index in [1.807, 2.05) is 48.5 Å². The number of benzene rings is 2. The maximum atomic E-state index is 12.1. The lowest BCUT2D eigenvalue weighted by molar-refractivity contribution is -0.110. The molecule has 5 heteroatoms. The summed E-state index contributed by atoms with van der Waals surface area (Å²) in [6, 6.07) is 13.1. The molecule has 1 aliphatic heterocycles. The zero-order valence-electron chi connectivity index (χ0n) is 13.0. The largest absolute Gasteiger partial charge is 0.497 e. The van der Waals surface area contributed by atoms with Gasteiger partial charge < -0.3 is 15.5 Å². The molecule has 0 aromatic heterocycles. The zero-order valence-corrected chi connectivity index (χ0v) is 14.6. The topological polar surface area (TPSA) is 62.2 Å². The van der Waals surface area contributed by atoms with Gasteiger partial charge in [-0.1, -0.05) is 40.2 Å². The number of halogens is 1. The van der Waals surface area contributed by atoms with Crippen molar-refractivity contribution in [3.63, 3.8) is 0 Å². The van der Waals surface area contributed by atoms with E-state index in [0.717, 1.165) is 27.0 Å². The number of carbonyl (C=O) groups is 1. The summed E-state index contributed by atoms with van der Waals surface area (Å²) in [6.45, 7) is 0. The first kappa shape index (κ1) is 16.2. The van der Waals surface area contributed by atoms with Gasteiger partial charge in [0.1, 0.15) is 5.75 Å². The Balaban J connectivity index is 1.80. The molecule has 0 saturated carbocycles. The predicted octanol–water partition coefficient (Wildman–Crippen LogP) is 4.53. The van der Waals surface area contributed by atoms with Crippen LogP contribution in [0.1, 0.15) is 11.1 Å². The van der Waals surface area contributed by atoms with Gasteiger partial charge in [-0.05, 0) is 42.0 Å². The quantitative estimate of drug-likeness (QED) is 0.602. The van der Waals surface area contributed by atoms with Crippen molar-refractivity contribution in [3.05, 3.63) is 70.2 Å². The third-order valence-electron chi connectivity index (χ3n) is 3.64. The molecule has 0 aliphatic carbocycles. The fourth-order valence-corrected chi connectivity index (χ4v) is 2.78. The van der Waals surface area contributed by atoms with E-state index in [-0.39, 0.29) is 11.6 Å². The minimum Gasteiger partial charge on any atom is -0.497 e. The molecule has 0 fully saturated rings. The van der Waals surface area contributed by atoms with E-state index in [9.17, 15) is 4.79 Å². The van der Waals surface area contributed by atoms with Crippen molar-refractivity contribution in [2.75, 3.05) is 12.4 Å². The van der Waals surface area contributed by atoms with E-state index in [1.54, 1.807) is 19.3 Å². The summed E-state index contributed by atoms with van der Waals surface area (Å²) in [7, 11) is 1.62. The van der Waals surface area contributed by atoms with Crippen LogP contribution in [-0.2, 0) is 4.79 Å². The van der Waals surface area contributed by atoms with Gasteiger partial charge in [-0.25, -0.2) is 0 Å². The minimum absolute atomic E-state index is 0.189. The number of methoxy groups -OCH3 is 1. The van der Waals surface area contributed by atoms with Crippen LogP contribution in [0.2, 0.25) is 0 Å². The molecule has 1 aliphatic rings. The van der Waals surface area contributed by atoms with Gasteiger partial charge in [-0.2, -0.15) is 0 Å². The molecular formula is C19H15BrN2O2. The van der Waals surface area contributed by atoms with Crippen molar-refractivity contribution in [3.8, 4) is 5.75 Å². The fraction of sp³-hybridized carbons (Fsp3) is 0.0526. The smallest absolute Gasteiger partial charge is 0.256 e. The van der Waals surface area contributed by atoms with Crippen LogP contribution in [-0.4, -0.2) is 18.7 Å². The van der Waals surface area contributed by atoms with Gasteiger partial charge in [0.2, 0.25) is 0 Å². The molecule has 2 N–H and O–H groups in total. The number of hydrogen-bond donors (Lipinski definition) is 2. The lowest BCUT2D eigenvalue weighted by Crippen LogP contribution is -2.04. The number of fused-ring (bicyclic) bond motifs is 1. The van der Waals surface area contributed by atoms with E-state index in [1.165, 1.54) is 0 Å². The van der Waals surface area contributed by atoms with Crippen molar-refractivity contribution < 1.29 is 9.53 Å². The van der Waals surface area contributed by atoms with Gasteiger partial charge in [0.15, 0.2) is 0 Å². The van der Waals surface area contributed by atoms with Crippen molar-refractivity contribution >= 4 is 44.9 Å². The van der Waals surface area contributed by atoms with Crippen molar-refractivity contribution in [2.24, 2.45) is 0 Å². The number of carbonyl (C=O) groups excluding carboxylic acids is 1. The fourth-order valence-electron chi connectivity index (χ4n) is 2.41. The van der Waals surface area contributed by atoms with Crippen molar-refractivity contribution in [2.45, 2.75) is 0 Å². The van der Waals surface area contributed by atoms with Crippen LogP contribution in [0.25, 0.3) is 11.6 Å². The number of anilines is 1. The highest BCUT2D eigenvalue weighted by Gasteiger charge is 2.24. The molecule has 1 amide bonds. The Hall–Kier alpha value is -2.66. The van der Waals surface area contributed by atoms with Gasteiger partial charge in [0.05, 0.1) is 24.1 Å². The van der Waals surface area contributed by atoms with E-state index >= 15 is 0 Å². The number of amides is 1. The van der Waals surface area contributed by atoms with Gasteiger partial charge in [-0.15, -0.1) is 0 Å². The summed E-state index contributed by atoms with van der Waals surface area (Å²) < 4.78 is 6.01. The summed E-state index contributed by atoms with van der Waals surface area (Å²) in [5.41, 5.74) is 3.28. The van der Waals surface area contributed by atoms with Gasteiger partial charge in [0.25, 0.3) is 5.91 Å². The van der Waals surface area contributed by atoms with Gasteiger partial charge in [-0.3, -0.25) is 4.79 Å². The molecule has 0 unspecified atom stereocenters. The number of nitrogens with one attached hydrogen (secondary N) is 2. The molecule has 4 nitrogen and oxygen atoms in total. The monoisotopic (exact) mass is 382 g/mol. The molecule has 0 atom stereocenters. The number of rotatable bonds is 4. The molecule has 0 radical (unpaired) electrons. The molecule has 120 valence electrons. The second-order valence-corrected chi connectivity index (χ2v) is 6.18. The lowest BCUT2D eigenvalue weighted by atomic mass is 10.1. The molecule has 2 aromatic rings. The Morgan fingerprint density at radius 1 is 1.21 bits per heavy atom. The average Bonchev–Trinajstić information content (AvgIpc) is 2.88. The Bertz CT molecular complexity index is 867. The highest BCUT2D eigenvalue weighted by molar-refractivity contribution is 9.10. The van der Waals surface area contributed by atoms with Crippen molar-refractivity contribution in [1.29, 1.82) is 5.41 Å². The average molecular weight is 383 g/mol. The minimum atomic E-state index is -0.189. The Morgan fingerprint density at radius 2 is 1.96 bits per heavy atom. The lowest BCUT2D eigenvalue weighted by Gasteiger charge is -2.00. The standard InChI is InChI=1S/C19H15BrN2O2/c1-24-15-7-3-12(4-8-15)2-6-14(21)11-17-16-9-5-13(20)10-18(16)22-19(17)23/h2-11,21H,1H3,(H,22,23)/b6-2+,17-11+,21-14?. The van der Waals surface area contributed by atoms with E-state index < -0.39 is 0 Å². The normalized spacial score (nSPS) is 14.8. The van der Waals surface area contributed by atoms with Crippen LogP contribution in [0.3, 0.4) is 0 Å². The second-order valence-electron chi connectivity index (χ2n) is 5.26. The van der Waals surface area contributed by atoms with Crippen LogP contribution < -0.4 is 10.1 Å². The maximum Gasteiger partial charge on any atom is 0.256 e. The van der Waals surface area contributed by atoms with Crippen LogP contribution >= 0.6 is 15.9 Å². The summed E-state index contributed by atoms with van der Waals surface area (Å²) >= 11 is 3.38. The third-order valence-corrected chi connectivity index (χ3v) is 4.13.